The van der Waals surface area contributed by atoms with Crippen LogP contribution >= 0.6 is 0 Å². The molecule has 7 heteroatoms. The van der Waals surface area contributed by atoms with E-state index in [1.54, 1.807) is 36.4 Å². The van der Waals surface area contributed by atoms with Crippen LogP contribution in [0.1, 0.15) is 21.5 Å². The monoisotopic (exact) mass is 481 g/mol. The Balaban J connectivity index is 1.72. The van der Waals surface area contributed by atoms with Crippen molar-refractivity contribution in [2.75, 3.05) is 7.05 Å². The van der Waals surface area contributed by atoms with Crippen molar-refractivity contribution in [2.24, 2.45) is 7.05 Å². The maximum atomic E-state index is 13.7. The smallest absolute Gasteiger partial charge is 0.326 e. The number of aliphatic carboxylic acids is 1. The molecule has 0 spiro atoms. The van der Waals surface area contributed by atoms with Crippen LogP contribution in [0.4, 0.5) is 0 Å². The molecule has 1 aromatic heterocycles. The first kappa shape index (κ1) is 24.5. The number of carbonyl (C=O) groups is 3. The Morgan fingerprint density at radius 2 is 1.56 bits per heavy atom. The minimum Gasteiger partial charge on any atom is -0.480 e. The van der Waals surface area contributed by atoms with Gasteiger partial charge in [-0.05, 0) is 29.8 Å². The van der Waals surface area contributed by atoms with Crippen molar-refractivity contribution < 1.29 is 19.5 Å². The van der Waals surface area contributed by atoms with Crippen LogP contribution in [-0.2, 0) is 23.1 Å². The first-order valence-corrected chi connectivity index (χ1v) is 11.5. The van der Waals surface area contributed by atoms with Gasteiger partial charge in [0.2, 0.25) is 0 Å². The number of benzene rings is 3. The van der Waals surface area contributed by atoms with Gasteiger partial charge < -0.3 is 19.9 Å². The molecule has 1 atom stereocenters. The fourth-order valence-corrected chi connectivity index (χ4v) is 4.14. The molecular weight excluding hydrogens is 454 g/mol. The van der Waals surface area contributed by atoms with Gasteiger partial charge in [0.15, 0.2) is 0 Å². The third-order valence-electron chi connectivity index (χ3n) is 6.09. The van der Waals surface area contributed by atoms with Gasteiger partial charge >= 0.3 is 5.97 Å². The molecule has 2 N–H and O–H groups in total. The number of carboxylic acid groups (broad SMARTS) is 1. The molecular formula is C29H27N3O4. The molecule has 0 saturated heterocycles. The third kappa shape index (κ3) is 5.36. The predicted molar refractivity (Wildman–Crippen MR) is 139 cm³/mol. The van der Waals surface area contributed by atoms with Gasteiger partial charge in [-0.1, -0.05) is 66.7 Å². The van der Waals surface area contributed by atoms with E-state index in [4.69, 9.17) is 0 Å². The topological polar surface area (TPSA) is 91.6 Å². The zero-order valence-electron chi connectivity index (χ0n) is 20.1. The van der Waals surface area contributed by atoms with E-state index in [1.807, 2.05) is 72.4 Å². The van der Waals surface area contributed by atoms with Crippen molar-refractivity contribution in [3.63, 3.8) is 0 Å². The standard InChI is InChI=1S/C29H27N3O4/c1-31-19-22(23-15-9-10-16-25(23)31)18-24(30-27(33)21-13-7-4-8-14-21)28(34)32(2)26(29(35)36)17-20-11-5-3-6-12-20/h3-16,18-19,26H,17H2,1-2H3,(H,30,33)(H,35,36)/b24-18+. The number of carboxylic acids is 1. The number of nitrogens with zero attached hydrogens (tertiary/aromatic N) is 2. The van der Waals surface area contributed by atoms with Gasteiger partial charge in [-0.3, -0.25) is 9.59 Å². The van der Waals surface area contributed by atoms with Gasteiger partial charge in [0.25, 0.3) is 11.8 Å². The molecule has 3 aromatic carbocycles. The fraction of sp³-hybridized carbons (Fsp3) is 0.138. The summed E-state index contributed by atoms with van der Waals surface area (Å²) in [5, 5.41) is 13.6. The zero-order chi connectivity index (χ0) is 25.7. The van der Waals surface area contributed by atoms with Crippen LogP contribution in [0.3, 0.4) is 0 Å². The molecule has 2 amide bonds. The van der Waals surface area contributed by atoms with Gasteiger partial charge in [-0.15, -0.1) is 0 Å². The van der Waals surface area contributed by atoms with Gasteiger partial charge in [0.05, 0.1) is 0 Å². The molecule has 36 heavy (non-hydrogen) atoms. The molecule has 1 unspecified atom stereocenters. The van der Waals surface area contributed by atoms with E-state index in [2.05, 4.69) is 5.32 Å². The van der Waals surface area contributed by atoms with Crippen molar-refractivity contribution in [1.29, 1.82) is 0 Å². The van der Waals surface area contributed by atoms with Gasteiger partial charge in [0, 0.05) is 48.7 Å². The molecule has 182 valence electrons. The Labute approximate surface area is 209 Å². The fourth-order valence-electron chi connectivity index (χ4n) is 4.14. The Hall–Kier alpha value is -4.65. The van der Waals surface area contributed by atoms with Crippen LogP contribution in [0.5, 0.6) is 0 Å². The van der Waals surface area contributed by atoms with Gasteiger partial charge in [0.1, 0.15) is 11.7 Å². The Morgan fingerprint density at radius 3 is 2.22 bits per heavy atom. The summed E-state index contributed by atoms with van der Waals surface area (Å²) in [7, 11) is 3.34. The SMILES string of the molecule is CN(C(=O)/C(=C\c1cn(C)c2ccccc12)NC(=O)c1ccccc1)C(Cc1ccccc1)C(=O)O. The van der Waals surface area contributed by atoms with Crippen molar-refractivity contribution in [1.82, 2.24) is 14.8 Å². The van der Waals surface area contributed by atoms with Crippen LogP contribution in [0.25, 0.3) is 17.0 Å². The van der Waals surface area contributed by atoms with Crippen molar-refractivity contribution >= 4 is 34.8 Å². The van der Waals surface area contributed by atoms with E-state index in [0.29, 0.717) is 5.56 Å². The third-order valence-corrected chi connectivity index (χ3v) is 6.09. The number of carbonyl (C=O) groups excluding carboxylic acids is 2. The second kappa shape index (κ2) is 10.7. The van der Waals surface area contributed by atoms with E-state index in [9.17, 15) is 19.5 Å². The summed E-state index contributed by atoms with van der Waals surface area (Å²) in [6, 6.07) is 24.3. The minimum absolute atomic E-state index is 0.0120. The number of hydrogen-bond donors (Lipinski definition) is 2. The van der Waals surface area contributed by atoms with Crippen LogP contribution in [0.15, 0.2) is 96.8 Å². The van der Waals surface area contributed by atoms with Crippen LogP contribution in [-0.4, -0.2) is 45.4 Å². The molecule has 7 nitrogen and oxygen atoms in total. The molecule has 4 aromatic rings. The number of rotatable bonds is 8. The normalized spacial score (nSPS) is 12.2. The minimum atomic E-state index is -1.13. The van der Waals surface area contributed by atoms with E-state index < -0.39 is 23.8 Å². The molecule has 1 heterocycles. The van der Waals surface area contributed by atoms with Crippen molar-refractivity contribution in [3.05, 3.63) is 114 Å². The van der Waals surface area contributed by atoms with E-state index in [1.165, 1.54) is 7.05 Å². The maximum Gasteiger partial charge on any atom is 0.326 e. The van der Waals surface area contributed by atoms with Crippen LogP contribution in [0, 0.1) is 0 Å². The summed E-state index contributed by atoms with van der Waals surface area (Å²) in [6.45, 7) is 0. The Morgan fingerprint density at radius 1 is 0.944 bits per heavy atom. The molecule has 0 bridgehead atoms. The first-order valence-electron chi connectivity index (χ1n) is 11.5. The lowest BCUT2D eigenvalue weighted by molar-refractivity contribution is -0.147. The van der Waals surface area contributed by atoms with Crippen molar-refractivity contribution in [3.8, 4) is 0 Å². The Bertz CT molecular complexity index is 1420. The molecule has 0 saturated carbocycles. The quantitative estimate of drug-likeness (QED) is 0.371. The van der Waals surface area contributed by atoms with Gasteiger partial charge in [-0.2, -0.15) is 0 Å². The number of likely N-dealkylation sites (N-methyl/N-ethyl adjacent to an activating group) is 1. The lowest BCUT2D eigenvalue weighted by Gasteiger charge is -2.26. The molecule has 0 aliphatic rings. The second-order valence-electron chi connectivity index (χ2n) is 8.55. The number of amides is 2. The highest BCUT2D eigenvalue weighted by Crippen LogP contribution is 2.23. The summed E-state index contributed by atoms with van der Waals surface area (Å²) in [5.41, 5.74) is 2.86. The maximum absolute atomic E-state index is 13.7. The lowest BCUT2D eigenvalue weighted by Crippen LogP contribution is -2.46. The highest BCUT2D eigenvalue weighted by molar-refractivity contribution is 6.07. The van der Waals surface area contributed by atoms with E-state index in [0.717, 1.165) is 26.9 Å². The summed E-state index contributed by atoms with van der Waals surface area (Å²) in [5.74, 6) is -2.19. The molecule has 0 radical (unpaired) electrons. The number of hydrogen-bond acceptors (Lipinski definition) is 3. The average molecular weight is 482 g/mol. The zero-order valence-corrected chi connectivity index (χ0v) is 20.1. The average Bonchev–Trinajstić information content (AvgIpc) is 3.22. The first-order chi connectivity index (χ1) is 17.3. The molecule has 4 rings (SSSR count). The summed E-state index contributed by atoms with van der Waals surface area (Å²) in [4.78, 5) is 40.0. The molecule has 0 fully saturated rings. The number of para-hydroxylation sites is 1. The highest BCUT2D eigenvalue weighted by atomic mass is 16.4. The number of aromatic nitrogens is 1. The number of fused-ring (bicyclic) bond motifs is 1. The summed E-state index contributed by atoms with van der Waals surface area (Å²) < 4.78 is 1.93. The highest BCUT2D eigenvalue weighted by Gasteiger charge is 2.29. The van der Waals surface area contributed by atoms with Gasteiger partial charge in [-0.25, -0.2) is 4.79 Å². The number of nitrogens with one attached hydrogen (secondary N) is 1. The number of aryl methyl sites for hydroxylation is 1. The Kier molecular flexibility index (Phi) is 7.30. The lowest BCUT2D eigenvalue weighted by atomic mass is 10.0. The second-order valence-corrected chi connectivity index (χ2v) is 8.55. The van der Waals surface area contributed by atoms with E-state index >= 15 is 0 Å². The molecule has 0 aliphatic carbocycles. The van der Waals surface area contributed by atoms with E-state index in [-0.39, 0.29) is 12.1 Å². The van der Waals surface area contributed by atoms with Crippen LogP contribution in [0.2, 0.25) is 0 Å². The summed E-state index contributed by atoms with van der Waals surface area (Å²) >= 11 is 0. The van der Waals surface area contributed by atoms with Crippen molar-refractivity contribution in [2.45, 2.75) is 12.5 Å². The predicted octanol–water partition coefficient (Wildman–Crippen LogP) is 4.10. The largest absolute Gasteiger partial charge is 0.480 e. The molecule has 0 aliphatic heterocycles. The van der Waals surface area contributed by atoms with Crippen LogP contribution < -0.4 is 5.32 Å². The summed E-state index contributed by atoms with van der Waals surface area (Å²) in [6.07, 6.45) is 3.60.